The van der Waals surface area contributed by atoms with Gasteiger partial charge in [0.25, 0.3) is 0 Å². The molecule has 0 atom stereocenters. The zero-order chi connectivity index (χ0) is 16.8. The number of carbonyl (C=O) groups excluding carboxylic acids is 1. The lowest BCUT2D eigenvalue weighted by atomic mass is 10.1. The Hall–Kier alpha value is -1.60. The van der Waals surface area contributed by atoms with Crippen LogP contribution in [0.15, 0.2) is 28.6 Å². The third kappa shape index (κ3) is 4.70. The van der Waals surface area contributed by atoms with Crippen LogP contribution >= 0.6 is 23.3 Å². The van der Waals surface area contributed by atoms with Crippen LogP contribution in [0.3, 0.4) is 0 Å². The van der Waals surface area contributed by atoms with E-state index in [4.69, 9.17) is 4.74 Å². The number of nitrogens with zero attached hydrogens (tertiary/aromatic N) is 2. The lowest BCUT2D eigenvalue weighted by Crippen LogP contribution is -2.29. The molecule has 1 aliphatic rings. The molecule has 1 aliphatic carbocycles. The average Bonchev–Trinajstić information content (AvgIpc) is 3.30. The summed E-state index contributed by atoms with van der Waals surface area (Å²) in [6.45, 7) is 0.812. The highest BCUT2D eigenvalue weighted by molar-refractivity contribution is 8.01. The molecule has 7 heteroatoms. The molecule has 1 aromatic carbocycles. The summed E-state index contributed by atoms with van der Waals surface area (Å²) >= 11 is 2.77. The van der Waals surface area contributed by atoms with Crippen LogP contribution in [0.5, 0.6) is 5.75 Å². The molecule has 3 rings (SSSR count). The molecule has 1 amide bonds. The minimum absolute atomic E-state index is 0.0769. The predicted octanol–water partition coefficient (Wildman–Crippen LogP) is 3.61. The van der Waals surface area contributed by atoms with E-state index in [1.165, 1.54) is 49.0 Å². The van der Waals surface area contributed by atoms with Gasteiger partial charge in [0, 0.05) is 12.1 Å². The van der Waals surface area contributed by atoms with E-state index in [2.05, 4.69) is 14.7 Å². The third-order valence-electron chi connectivity index (χ3n) is 4.15. The fourth-order valence-corrected chi connectivity index (χ4v) is 4.22. The number of methoxy groups -OCH3 is 1. The fraction of sp³-hybridized carbons (Fsp3) is 0.471. The molecule has 0 unspecified atom stereocenters. The SMILES string of the molecule is COc1ccc(-c2nsc(SCC(=O)NCC3CCCC3)n2)cc1. The molecule has 1 fully saturated rings. The highest BCUT2D eigenvalue weighted by atomic mass is 32.2. The van der Waals surface area contributed by atoms with Gasteiger partial charge in [0.1, 0.15) is 5.75 Å². The molecular weight excluding hydrogens is 342 g/mol. The smallest absolute Gasteiger partial charge is 0.230 e. The van der Waals surface area contributed by atoms with Crippen molar-refractivity contribution < 1.29 is 9.53 Å². The van der Waals surface area contributed by atoms with E-state index in [1.807, 2.05) is 24.3 Å². The van der Waals surface area contributed by atoms with Crippen LogP contribution in [0.25, 0.3) is 11.4 Å². The van der Waals surface area contributed by atoms with Crippen molar-refractivity contribution in [3.8, 4) is 17.1 Å². The van der Waals surface area contributed by atoms with Gasteiger partial charge in [0.05, 0.1) is 12.9 Å². The van der Waals surface area contributed by atoms with Crippen molar-refractivity contribution >= 4 is 29.2 Å². The number of rotatable bonds is 7. The monoisotopic (exact) mass is 363 g/mol. The van der Waals surface area contributed by atoms with Gasteiger partial charge in [-0.2, -0.15) is 4.37 Å². The Morgan fingerprint density at radius 1 is 1.33 bits per heavy atom. The maximum Gasteiger partial charge on any atom is 0.230 e. The van der Waals surface area contributed by atoms with E-state index in [-0.39, 0.29) is 5.91 Å². The van der Waals surface area contributed by atoms with Gasteiger partial charge in [0.15, 0.2) is 10.2 Å². The van der Waals surface area contributed by atoms with Gasteiger partial charge < -0.3 is 10.1 Å². The second-order valence-electron chi connectivity index (χ2n) is 5.86. The average molecular weight is 364 g/mol. The number of ether oxygens (including phenoxy) is 1. The highest BCUT2D eigenvalue weighted by Crippen LogP contribution is 2.26. The van der Waals surface area contributed by atoms with Crippen molar-refractivity contribution in [2.75, 3.05) is 19.4 Å². The van der Waals surface area contributed by atoms with Crippen LogP contribution < -0.4 is 10.1 Å². The first-order valence-electron chi connectivity index (χ1n) is 8.12. The first-order valence-corrected chi connectivity index (χ1v) is 9.88. The predicted molar refractivity (Wildman–Crippen MR) is 97.6 cm³/mol. The zero-order valence-corrected chi connectivity index (χ0v) is 15.3. The summed E-state index contributed by atoms with van der Waals surface area (Å²) in [7, 11) is 1.64. The van der Waals surface area contributed by atoms with Crippen molar-refractivity contribution in [1.82, 2.24) is 14.7 Å². The summed E-state index contributed by atoms with van der Waals surface area (Å²) in [5, 5.41) is 3.03. The Morgan fingerprint density at radius 3 is 2.79 bits per heavy atom. The first kappa shape index (κ1) is 17.2. The number of benzene rings is 1. The van der Waals surface area contributed by atoms with Gasteiger partial charge in [-0.3, -0.25) is 4.79 Å². The summed E-state index contributed by atoms with van der Waals surface area (Å²) in [6.07, 6.45) is 5.09. The molecule has 5 nitrogen and oxygen atoms in total. The number of thioether (sulfide) groups is 1. The molecule has 1 N–H and O–H groups in total. The van der Waals surface area contributed by atoms with Crippen LogP contribution in [-0.2, 0) is 4.79 Å². The molecule has 0 radical (unpaired) electrons. The molecule has 0 bridgehead atoms. The van der Waals surface area contributed by atoms with Crippen LogP contribution in [0.2, 0.25) is 0 Å². The zero-order valence-electron chi connectivity index (χ0n) is 13.7. The molecule has 128 valence electrons. The number of aromatic nitrogens is 2. The quantitative estimate of drug-likeness (QED) is 0.761. The summed E-state index contributed by atoms with van der Waals surface area (Å²) in [5.74, 6) is 2.64. The Morgan fingerprint density at radius 2 is 2.08 bits per heavy atom. The second-order valence-corrected chi connectivity index (χ2v) is 7.83. The lowest BCUT2D eigenvalue weighted by molar-refractivity contribution is -0.118. The van der Waals surface area contributed by atoms with Crippen molar-refractivity contribution in [2.45, 2.75) is 30.0 Å². The van der Waals surface area contributed by atoms with Crippen LogP contribution in [-0.4, -0.2) is 34.7 Å². The van der Waals surface area contributed by atoms with Crippen LogP contribution in [0, 0.1) is 5.92 Å². The maximum atomic E-state index is 11.9. The van der Waals surface area contributed by atoms with Crippen molar-refractivity contribution in [3.05, 3.63) is 24.3 Å². The largest absolute Gasteiger partial charge is 0.497 e. The normalized spacial score (nSPS) is 14.7. The standard InChI is InChI=1S/C17H21N3O2S2/c1-22-14-8-6-13(7-9-14)16-19-17(24-20-16)23-11-15(21)18-10-12-4-2-3-5-12/h6-9,12H,2-5,10-11H2,1H3,(H,18,21). The summed E-state index contributed by atoms with van der Waals surface area (Å²) in [5.41, 5.74) is 0.949. The Kier molecular flexibility index (Phi) is 6.09. The molecule has 0 aliphatic heterocycles. The summed E-state index contributed by atoms with van der Waals surface area (Å²) < 4.78 is 10.3. The Bertz CT molecular complexity index is 667. The number of amides is 1. The lowest BCUT2D eigenvalue weighted by Gasteiger charge is -2.09. The van der Waals surface area contributed by atoms with Gasteiger partial charge >= 0.3 is 0 Å². The van der Waals surface area contributed by atoms with Crippen LogP contribution in [0.4, 0.5) is 0 Å². The summed E-state index contributed by atoms with van der Waals surface area (Å²) in [4.78, 5) is 16.4. The van der Waals surface area contributed by atoms with Gasteiger partial charge in [-0.05, 0) is 54.6 Å². The van der Waals surface area contributed by atoms with E-state index in [1.54, 1.807) is 7.11 Å². The number of hydrogen-bond acceptors (Lipinski definition) is 6. The Balaban J connectivity index is 1.47. The van der Waals surface area contributed by atoms with E-state index >= 15 is 0 Å². The van der Waals surface area contributed by atoms with E-state index in [0.29, 0.717) is 17.5 Å². The second kappa shape index (κ2) is 8.48. The van der Waals surface area contributed by atoms with Crippen molar-refractivity contribution in [3.63, 3.8) is 0 Å². The highest BCUT2D eigenvalue weighted by Gasteiger charge is 2.16. The molecule has 2 aromatic rings. The Labute approximate surface area is 150 Å². The van der Waals surface area contributed by atoms with E-state index < -0.39 is 0 Å². The van der Waals surface area contributed by atoms with Gasteiger partial charge in [-0.15, -0.1) is 0 Å². The topological polar surface area (TPSA) is 64.1 Å². The molecule has 0 saturated heterocycles. The van der Waals surface area contributed by atoms with Gasteiger partial charge in [0.2, 0.25) is 5.91 Å². The van der Waals surface area contributed by atoms with Gasteiger partial charge in [-0.1, -0.05) is 24.6 Å². The van der Waals surface area contributed by atoms with Crippen molar-refractivity contribution in [2.24, 2.45) is 5.92 Å². The third-order valence-corrected chi connectivity index (χ3v) is 5.98. The molecule has 1 saturated carbocycles. The summed E-state index contributed by atoms with van der Waals surface area (Å²) in [6, 6.07) is 7.65. The van der Waals surface area contributed by atoms with E-state index in [9.17, 15) is 4.79 Å². The maximum absolute atomic E-state index is 11.9. The molecule has 1 heterocycles. The van der Waals surface area contributed by atoms with Crippen LogP contribution in [0.1, 0.15) is 25.7 Å². The minimum Gasteiger partial charge on any atom is -0.497 e. The molecule has 24 heavy (non-hydrogen) atoms. The minimum atomic E-state index is 0.0769. The molecule has 1 aromatic heterocycles. The number of hydrogen-bond donors (Lipinski definition) is 1. The molecular formula is C17H21N3O2S2. The number of nitrogens with one attached hydrogen (secondary N) is 1. The first-order chi connectivity index (χ1) is 11.7. The molecule has 0 spiro atoms. The number of carbonyl (C=O) groups is 1. The van der Waals surface area contributed by atoms with Crippen molar-refractivity contribution in [1.29, 1.82) is 0 Å². The van der Waals surface area contributed by atoms with E-state index in [0.717, 1.165) is 22.2 Å². The fourth-order valence-electron chi connectivity index (χ4n) is 2.78. The van der Waals surface area contributed by atoms with Gasteiger partial charge in [-0.25, -0.2) is 4.98 Å².